The molecule has 1 unspecified atom stereocenters. The lowest BCUT2D eigenvalue weighted by atomic mass is 10.1. The Kier molecular flexibility index (Phi) is 16.2. The van der Waals surface area contributed by atoms with Gasteiger partial charge in [-0.2, -0.15) is 0 Å². The van der Waals surface area contributed by atoms with Crippen molar-refractivity contribution in [3.63, 3.8) is 0 Å². The smallest absolute Gasteiger partial charge is 0.0624 e. The van der Waals surface area contributed by atoms with E-state index in [9.17, 15) is 5.11 Å². The van der Waals surface area contributed by atoms with Crippen LogP contribution in [-0.4, -0.2) is 53.9 Å². The standard InChI is InChI=1S/C24H48N2O/c1-3-5-6-7-8-9-10-11-12-13-14-15-16-17-18-19-24-25(4-2)20-21-26(24)22-23-27/h11-12,24,27H,3-10,13-23H2,1-2H3. The fourth-order valence-corrected chi connectivity index (χ4v) is 4.31. The van der Waals surface area contributed by atoms with Gasteiger partial charge in [-0.1, -0.05) is 83.8 Å². The molecule has 3 nitrogen and oxygen atoms in total. The van der Waals surface area contributed by atoms with Gasteiger partial charge in [-0.15, -0.1) is 0 Å². The average Bonchev–Trinajstić information content (AvgIpc) is 3.07. The monoisotopic (exact) mass is 380 g/mol. The highest BCUT2D eigenvalue weighted by atomic mass is 16.3. The third-order valence-electron chi connectivity index (χ3n) is 6.03. The van der Waals surface area contributed by atoms with Crippen molar-refractivity contribution in [3.05, 3.63) is 12.2 Å². The van der Waals surface area contributed by atoms with Crippen LogP contribution in [0.5, 0.6) is 0 Å². The highest BCUT2D eigenvalue weighted by molar-refractivity contribution is 4.82. The summed E-state index contributed by atoms with van der Waals surface area (Å²) >= 11 is 0. The molecule has 1 aliphatic heterocycles. The van der Waals surface area contributed by atoms with E-state index in [0.29, 0.717) is 12.8 Å². The molecule has 0 aromatic rings. The normalized spacial score (nSPS) is 18.9. The molecule has 160 valence electrons. The van der Waals surface area contributed by atoms with Crippen molar-refractivity contribution in [3.8, 4) is 0 Å². The van der Waals surface area contributed by atoms with Gasteiger partial charge >= 0.3 is 0 Å². The second-order valence-corrected chi connectivity index (χ2v) is 8.24. The zero-order valence-corrected chi connectivity index (χ0v) is 18.5. The van der Waals surface area contributed by atoms with Crippen LogP contribution in [0.1, 0.15) is 104 Å². The summed E-state index contributed by atoms with van der Waals surface area (Å²) in [5, 5.41) is 9.24. The first-order valence-corrected chi connectivity index (χ1v) is 12.1. The fourth-order valence-electron chi connectivity index (χ4n) is 4.31. The number of aliphatic hydroxyl groups excluding tert-OH is 1. The molecular formula is C24H48N2O. The Hall–Kier alpha value is -0.380. The summed E-state index contributed by atoms with van der Waals surface area (Å²) in [4.78, 5) is 5.04. The number of β-amino-alcohol motifs (C(OH)–C–C–N with tert-alkyl or cyclic N) is 1. The number of likely N-dealkylation sites (N-methyl/N-ethyl adjacent to an activating group) is 1. The molecular weight excluding hydrogens is 332 g/mol. The molecule has 1 N–H and O–H groups in total. The molecule has 3 heteroatoms. The third kappa shape index (κ3) is 11.9. The fraction of sp³-hybridized carbons (Fsp3) is 0.917. The predicted octanol–water partition coefficient (Wildman–Crippen LogP) is 5.98. The van der Waals surface area contributed by atoms with Gasteiger partial charge in [-0.25, -0.2) is 0 Å². The van der Waals surface area contributed by atoms with Crippen LogP contribution in [-0.2, 0) is 0 Å². The zero-order chi connectivity index (χ0) is 19.6. The van der Waals surface area contributed by atoms with Gasteiger partial charge in [0.2, 0.25) is 0 Å². The number of hydrogen-bond donors (Lipinski definition) is 1. The summed E-state index contributed by atoms with van der Waals surface area (Å²) in [5.41, 5.74) is 0. The quantitative estimate of drug-likeness (QED) is 0.234. The molecule has 0 saturated carbocycles. The van der Waals surface area contributed by atoms with Crippen LogP contribution >= 0.6 is 0 Å². The number of nitrogens with zero attached hydrogens (tertiary/aromatic N) is 2. The van der Waals surface area contributed by atoms with Crippen molar-refractivity contribution >= 4 is 0 Å². The van der Waals surface area contributed by atoms with Crippen molar-refractivity contribution < 1.29 is 5.11 Å². The Labute approximate surface area is 170 Å². The van der Waals surface area contributed by atoms with Gasteiger partial charge in [-0.3, -0.25) is 9.80 Å². The maximum atomic E-state index is 9.24. The van der Waals surface area contributed by atoms with Crippen molar-refractivity contribution in [2.75, 3.05) is 32.8 Å². The molecule has 0 bridgehead atoms. The van der Waals surface area contributed by atoms with Crippen LogP contribution in [0.15, 0.2) is 12.2 Å². The highest BCUT2D eigenvalue weighted by Crippen LogP contribution is 2.20. The summed E-state index contributed by atoms with van der Waals surface area (Å²) in [6.07, 6.45) is 24.4. The van der Waals surface area contributed by atoms with Gasteiger partial charge in [0.1, 0.15) is 0 Å². The lowest BCUT2D eigenvalue weighted by Gasteiger charge is -2.29. The molecule has 1 saturated heterocycles. The van der Waals surface area contributed by atoms with Gasteiger partial charge in [0.25, 0.3) is 0 Å². The van der Waals surface area contributed by atoms with E-state index < -0.39 is 0 Å². The average molecular weight is 381 g/mol. The van der Waals surface area contributed by atoms with E-state index >= 15 is 0 Å². The minimum atomic E-state index is 0.292. The van der Waals surface area contributed by atoms with Crippen molar-refractivity contribution in [1.82, 2.24) is 9.80 Å². The molecule has 27 heavy (non-hydrogen) atoms. The van der Waals surface area contributed by atoms with Gasteiger partial charge < -0.3 is 5.11 Å². The Balaban J connectivity index is 1.91. The number of allylic oxidation sites excluding steroid dienone is 2. The van der Waals surface area contributed by atoms with Crippen LogP contribution in [0.2, 0.25) is 0 Å². The first-order chi connectivity index (χ1) is 13.3. The van der Waals surface area contributed by atoms with E-state index in [0.717, 1.165) is 19.6 Å². The topological polar surface area (TPSA) is 26.7 Å². The summed E-state index contributed by atoms with van der Waals surface area (Å²) in [6, 6.07) is 0. The Morgan fingerprint density at radius 3 is 1.89 bits per heavy atom. The molecule has 0 aromatic carbocycles. The Morgan fingerprint density at radius 1 is 0.741 bits per heavy atom. The molecule has 1 heterocycles. The lowest BCUT2D eigenvalue weighted by molar-refractivity contribution is 0.108. The van der Waals surface area contributed by atoms with Crippen LogP contribution in [0.3, 0.4) is 0 Å². The van der Waals surface area contributed by atoms with Gasteiger partial charge in [-0.05, 0) is 38.6 Å². The summed E-state index contributed by atoms with van der Waals surface area (Å²) < 4.78 is 0. The third-order valence-corrected chi connectivity index (χ3v) is 6.03. The molecule has 1 atom stereocenters. The molecule has 1 rings (SSSR count). The zero-order valence-electron chi connectivity index (χ0n) is 18.5. The summed E-state index contributed by atoms with van der Waals surface area (Å²) in [5.74, 6) is 0. The van der Waals surface area contributed by atoms with Gasteiger partial charge in [0.15, 0.2) is 0 Å². The van der Waals surface area contributed by atoms with E-state index in [4.69, 9.17) is 0 Å². The largest absolute Gasteiger partial charge is 0.395 e. The minimum absolute atomic E-state index is 0.292. The van der Waals surface area contributed by atoms with E-state index in [2.05, 4.69) is 35.8 Å². The molecule has 0 radical (unpaired) electrons. The van der Waals surface area contributed by atoms with E-state index in [1.165, 1.54) is 96.4 Å². The number of unbranched alkanes of at least 4 members (excludes halogenated alkanes) is 11. The van der Waals surface area contributed by atoms with Crippen molar-refractivity contribution in [1.29, 1.82) is 0 Å². The molecule has 0 spiro atoms. The maximum Gasteiger partial charge on any atom is 0.0624 e. The Bertz CT molecular complexity index is 345. The Morgan fingerprint density at radius 2 is 1.30 bits per heavy atom. The molecule has 1 fully saturated rings. The first kappa shape index (κ1) is 24.7. The number of rotatable bonds is 18. The van der Waals surface area contributed by atoms with Crippen LogP contribution in [0.25, 0.3) is 0 Å². The number of hydrogen-bond acceptors (Lipinski definition) is 3. The summed E-state index contributed by atoms with van der Waals surface area (Å²) in [6.45, 7) is 9.11. The van der Waals surface area contributed by atoms with Gasteiger partial charge in [0.05, 0.1) is 12.8 Å². The van der Waals surface area contributed by atoms with Crippen LogP contribution in [0.4, 0.5) is 0 Å². The molecule has 0 aliphatic carbocycles. The summed E-state index contributed by atoms with van der Waals surface area (Å²) in [7, 11) is 0. The van der Waals surface area contributed by atoms with E-state index in [1.807, 2.05) is 0 Å². The molecule has 0 aromatic heterocycles. The van der Waals surface area contributed by atoms with Gasteiger partial charge in [0, 0.05) is 19.6 Å². The predicted molar refractivity (Wildman–Crippen MR) is 119 cm³/mol. The maximum absolute atomic E-state index is 9.24. The SMILES string of the molecule is CCCCCCCCC=CCCCCCCCC1N(CC)CCN1CCO. The van der Waals surface area contributed by atoms with E-state index in [1.54, 1.807) is 0 Å². The second kappa shape index (κ2) is 17.7. The van der Waals surface area contributed by atoms with Crippen molar-refractivity contribution in [2.45, 2.75) is 110 Å². The first-order valence-electron chi connectivity index (χ1n) is 12.1. The molecule has 0 amide bonds. The molecule has 1 aliphatic rings. The van der Waals surface area contributed by atoms with Crippen LogP contribution in [0, 0.1) is 0 Å². The number of aliphatic hydroxyl groups is 1. The lowest BCUT2D eigenvalue weighted by Crippen LogP contribution is -2.39. The highest BCUT2D eigenvalue weighted by Gasteiger charge is 2.29. The van der Waals surface area contributed by atoms with Crippen molar-refractivity contribution in [2.24, 2.45) is 0 Å². The second-order valence-electron chi connectivity index (χ2n) is 8.24. The van der Waals surface area contributed by atoms with Crippen LogP contribution < -0.4 is 0 Å². The minimum Gasteiger partial charge on any atom is -0.395 e. The van der Waals surface area contributed by atoms with E-state index in [-0.39, 0.29) is 0 Å².